The molecule has 0 fully saturated rings. The van der Waals surface area contributed by atoms with Crippen LogP contribution in [0.4, 0.5) is 4.39 Å². The van der Waals surface area contributed by atoms with E-state index in [0.29, 0.717) is 36.2 Å². The minimum Gasteiger partial charge on any atom is -0.348 e. The first-order chi connectivity index (χ1) is 14.5. The number of rotatable bonds is 4. The van der Waals surface area contributed by atoms with Gasteiger partial charge in [-0.05, 0) is 61.2 Å². The highest BCUT2D eigenvalue weighted by Gasteiger charge is 2.26. The van der Waals surface area contributed by atoms with Crippen LogP contribution in [0.15, 0.2) is 59.4 Å². The molecule has 0 bridgehead atoms. The van der Waals surface area contributed by atoms with Gasteiger partial charge in [-0.25, -0.2) is 4.39 Å². The molecule has 6 heteroatoms. The lowest BCUT2D eigenvalue weighted by atomic mass is 9.92. The predicted octanol–water partition coefficient (Wildman–Crippen LogP) is 3.73. The van der Waals surface area contributed by atoms with Gasteiger partial charge in [-0.3, -0.25) is 19.0 Å². The van der Waals surface area contributed by atoms with Crippen LogP contribution in [-0.2, 0) is 13.0 Å². The maximum atomic E-state index is 13.4. The monoisotopic (exact) mass is 404 g/mol. The van der Waals surface area contributed by atoms with Gasteiger partial charge in [-0.1, -0.05) is 24.3 Å². The zero-order valence-electron chi connectivity index (χ0n) is 16.6. The summed E-state index contributed by atoms with van der Waals surface area (Å²) in [6, 6.07) is 14.5. The van der Waals surface area contributed by atoms with Gasteiger partial charge in [0.1, 0.15) is 11.4 Å². The second-order valence-electron chi connectivity index (χ2n) is 7.42. The summed E-state index contributed by atoms with van der Waals surface area (Å²) >= 11 is 0. The Labute approximate surface area is 173 Å². The maximum Gasteiger partial charge on any atom is 0.268 e. The Bertz CT molecular complexity index is 1200. The number of hydrogen-bond acceptors (Lipinski definition) is 3. The van der Waals surface area contributed by atoms with E-state index in [2.05, 4.69) is 5.32 Å². The van der Waals surface area contributed by atoms with Crippen LogP contribution in [0.2, 0.25) is 0 Å². The second kappa shape index (κ2) is 8.06. The summed E-state index contributed by atoms with van der Waals surface area (Å²) < 4.78 is 14.8. The van der Waals surface area contributed by atoms with Crippen molar-refractivity contribution < 1.29 is 14.0 Å². The summed E-state index contributed by atoms with van der Waals surface area (Å²) in [5, 5.41) is 2.78. The first-order valence-electron chi connectivity index (χ1n) is 9.86. The molecular formula is C24H21FN2O3. The van der Waals surface area contributed by atoms with E-state index in [1.165, 1.54) is 34.9 Å². The third-order valence-corrected chi connectivity index (χ3v) is 5.45. The smallest absolute Gasteiger partial charge is 0.268 e. The van der Waals surface area contributed by atoms with Crippen molar-refractivity contribution in [3.63, 3.8) is 0 Å². The molecule has 0 unspecified atom stereocenters. The minimum atomic E-state index is -0.541. The fourth-order valence-electron chi connectivity index (χ4n) is 3.80. The van der Waals surface area contributed by atoms with E-state index in [1.807, 2.05) is 31.2 Å². The molecule has 30 heavy (non-hydrogen) atoms. The lowest BCUT2D eigenvalue weighted by Gasteiger charge is -2.21. The first-order valence-corrected chi connectivity index (χ1v) is 9.86. The van der Waals surface area contributed by atoms with Gasteiger partial charge in [0.25, 0.3) is 11.5 Å². The third kappa shape index (κ3) is 3.68. The number of hydrogen-bond donors (Lipinski definition) is 1. The highest BCUT2D eigenvalue weighted by molar-refractivity contribution is 6.01. The Morgan fingerprint density at radius 1 is 1.07 bits per heavy atom. The van der Waals surface area contributed by atoms with E-state index in [9.17, 15) is 18.8 Å². The molecule has 0 atom stereocenters. The van der Waals surface area contributed by atoms with Crippen molar-refractivity contribution in [3.8, 4) is 5.69 Å². The van der Waals surface area contributed by atoms with Crippen LogP contribution in [0.3, 0.4) is 0 Å². The summed E-state index contributed by atoms with van der Waals surface area (Å²) in [7, 11) is 0. The van der Waals surface area contributed by atoms with E-state index in [0.717, 1.165) is 11.1 Å². The average molecular weight is 404 g/mol. The van der Waals surface area contributed by atoms with Crippen molar-refractivity contribution in [1.82, 2.24) is 9.88 Å². The van der Waals surface area contributed by atoms with Crippen LogP contribution in [0.1, 0.15) is 50.4 Å². The number of carbonyl (C=O) groups excluding carboxylic acids is 2. The summed E-state index contributed by atoms with van der Waals surface area (Å²) in [6.45, 7) is 2.22. The van der Waals surface area contributed by atoms with Crippen molar-refractivity contribution in [2.45, 2.75) is 32.7 Å². The molecule has 0 spiro atoms. The number of nitrogens with zero attached hydrogens (tertiary/aromatic N) is 1. The standard InChI is InChI=1S/C24H21FN2O3/c1-15-5-2-3-6-16(15)14-26-23(29)20-13-19-21(7-4-8-22(19)28)27(24(20)30)18-11-9-17(25)10-12-18/h2-3,5-6,9-13H,4,7-8,14H2,1H3,(H,26,29). The Balaban J connectivity index is 1.77. The van der Waals surface area contributed by atoms with Crippen LogP contribution < -0.4 is 10.9 Å². The number of aryl methyl sites for hydroxylation is 1. The number of aromatic nitrogens is 1. The topological polar surface area (TPSA) is 68.2 Å². The van der Waals surface area contributed by atoms with E-state index in [1.54, 1.807) is 0 Å². The molecule has 152 valence electrons. The molecule has 0 saturated heterocycles. The van der Waals surface area contributed by atoms with Gasteiger partial charge in [0, 0.05) is 29.9 Å². The quantitative estimate of drug-likeness (QED) is 0.720. The minimum absolute atomic E-state index is 0.0955. The summed E-state index contributed by atoms with van der Waals surface area (Å²) in [4.78, 5) is 38.7. The Morgan fingerprint density at radius 3 is 2.53 bits per heavy atom. The van der Waals surface area contributed by atoms with Gasteiger partial charge in [0.05, 0.1) is 0 Å². The molecule has 1 N–H and O–H groups in total. The molecule has 1 aromatic heterocycles. The molecule has 0 radical (unpaired) electrons. The van der Waals surface area contributed by atoms with E-state index in [4.69, 9.17) is 0 Å². The first kappa shape index (κ1) is 19.8. The predicted molar refractivity (Wildman–Crippen MR) is 112 cm³/mol. The van der Waals surface area contributed by atoms with Crippen LogP contribution >= 0.6 is 0 Å². The number of Topliss-reactive ketones (excluding diaryl/α,β-unsaturated/α-hetero) is 1. The molecule has 5 nitrogen and oxygen atoms in total. The molecule has 1 aliphatic carbocycles. The molecule has 1 amide bonds. The molecule has 0 aliphatic heterocycles. The SMILES string of the molecule is Cc1ccccc1CNC(=O)c1cc2c(n(-c3ccc(F)cc3)c1=O)CCCC2=O. The third-order valence-electron chi connectivity index (χ3n) is 5.45. The summed E-state index contributed by atoms with van der Waals surface area (Å²) in [6.07, 6.45) is 1.54. The van der Waals surface area contributed by atoms with Crippen molar-refractivity contribution in [3.05, 3.63) is 98.7 Å². The zero-order chi connectivity index (χ0) is 21.3. The number of ketones is 1. The molecule has 4 rings (SSSR count). The van der Waals surface area contributed by atoms with E-state index in [-0.39, 0.29) is 17.9 Å². The number of pyridine rings is 1. The lowest BCUT2D eigenvalue weighted by Crippen LogP contribution is -2.36. The van der Waals surface area contributed by atoms with Crippen LogP contribution in [0, 0.1) is 12.7 Å². The highest BCUT2D eigenvalue weighted by atomic mass is 19.1. The Kier molecular flexibility index (Phi) is 5.31. The van der Waals surface area contributed by atoms with Gasteiger partial charge in [-0.2, -0.15) is 0 Å². The normalized spacial score (nSPS) is 13.1. The van der Waals surface area contributed by atoms with Gasteiger partial charge >= 0.3 is 0 Å². The summed E-state index contributed by atoms with van der Waals surface area (Å²) in [5.74, 6) is -1.07. The molecule has 2 aromatic carbocycles. The number of benzene rings is 2. The number of carbonyl (C=O) groups is 2. The molecule has 1 aliphatic rings. The van der Waals surface area contributed by atoms with Crippen molar-refractivity contribution >= 4 is 11.7 Å². The molecular weight excluding hydrogens is 383 g/mol. The van der Waals surface area contributed by atoms with Crippen LogP contribution in [0.25, 0.3) is 5.69 Å². The van der Waals surface area contributed by atoms with Crippen molar-refractivity contribution in [2.75, 3.05) is 0 Å². The van der Waals surface area contributed by atoms with E-state index < -0.39 is 17.3 Å². The van der Waals surface area contributed by atoms with Crippen molar-refractivity contribution in [2.24, 2.45) is 0 Å². The largest absolute Gasteiger partial charge is 0.348 e. The van der Waals surface area contributed by atoms with Crippen molar-refractivity contribution in [1.29, 1.82) is 0 Å². The second-order valence-corrected chi connectivity index (χ2v) is 7.42. The van der Waals surface area contributed by atoms with Gasteiger partial charge in [0.15, 0.2) is 5.78 Å². The highest BCUT2D eigenvalue weighted by Crippen LogP contribution is 2.23. The lowest BCUT2D eigenvalue weighted by molar-refractivity contribution is 0.0949. The Hall–Kier alpha value is -3.54. The molecule has 3 aromatic rings. The van der Waals surface area contributed by atoms with Gasteiger partial charge in [-0.15, -0.1) is 0 Å². The summed E-state index contributed by atoms with van der Waals surface area (Å²) in [5.41, 5.74) is 2.74. The number of halogens is 1. The number of amides is 1. The van der Waals surface area contributed by atoms with Crippen LogP contribution in [0.5, 0.6) is 0 Å². The Morgan fingerprint density at radius 2 is 1.80 bits per heavy atom. The van der Waals surface area contributed by atoms with Gasteiger partial charge in [0.2, 0.25) is 0 Å². The molecule has 0 saturated carbocycles. The molecule has 1 heterocycles. The fraction of sp³-hybridized carbons (Fsp3) is 0.208. The number of fused-ring (bicyclic) bond motifs is 1. The fourth-order valence-corrected chi connectivity index (χ4v) is 3.80. The average Bonchev–Trinajstić information content (AvgIpc) is 2.74. The maximum absolute atomic E-state index is 13.4. The van der Waals surface area contributed by atoms with Gasteiger partial charge < -0.3 is 5.32 Å². The zero-order valence-corrected chi connectivity index (χ0v) is 16.6. The van der Waals surface area contributed by atoms with Crippen LogP contribution in [-0.4, -0.2) is 16.3 Å². The number of nitrogens with one attached hydrogen (secondary N) is 1. The van der Waals surface area contributed by atoms with E-state index >= 15 is 0 Å².